The molecule has 17 heavy (non-hydrogen) atoms. The number of hydrogen-bond donors (Lipinski definition) is 2. The Kier molecular flexibility index (Phi) is 3.40. The average molecular weight is 244 g/mol. The molecule has 0 aromatic heterocycles. The number of benzene rings is 2. The van der Waals surface area contributed by atoms with Crippen LogP contribution in [0.15, 0.2) is 48.5 Å². The lowest BCUT2D eigenvalue weighted by Crippen LogP contribution is -1.96. The van der Waals surface area contributed by atoms with Crippen molar-refractivity contribution in [2.75, 3.05) is 11.5 Å². The van der Waals surface area contributed by atoms with Crippen molar-refractivity contribution in [1.82, 2.24) is 0 Å². The summed E-state index contributed by atoms with van der Waals surface area (Å²) < 4.78 is 11.3. The summed E-state index contributed by atoms with van der Waals surface area (Å²) >= 11 is 0. The monoisotopic (exact) mass is 244 g/mol. The van der Waals surface area contributed by atoms with Gasteiger partial charge in [0, 0.05) is 11.4 Å². The van der Waals surface area contributed by atoms with Gasteiger partial charge in [-0.3, -0.25) is 4.57 Å². The molecule has 0 saturated heterocycles. The topological polar surface area (TPSA) is 69.1 Å². The van der Waals surface area contributed by atoms with Crippen LogP contribution in [0.3, 0.4) is 0 Å². The summed E-state index contributed by atoms with van der Waals surface area (Å²) in [5.41, 5.74) is 14.4. The van der Waals surface area contributed by atoms with E-state index in [2.05, 4.69) is 0 Å². The van der Waals surface area contributed by atoms with Crippen LogP contribution >= 0.6 is 8.46 Å². The predicted molar refractivity (Wildman–Crippen MR) is 71.2 cm³/mol. The van der Waals surface area contributed by atoms with Crippen molar-refractivity contribution in [3.05, 3.63) is 59.7 Å². The zero-order valence-electron chi connectivity index (χ0n) is 9.21. The molecule has 0 aliphatic heterocycles. The van der Waals surface area contributed by atoms with E-state index in [0.717, 1.165) is 11.1 Å². The zero-order chi connectivity index (χ0) is 12.3. The van der Waals surface area contributed by atoms with Crippen molar-refractivity contribution in [2.45, 2.75) is 5.66 Å². The third-order valence-electron chi connectivity index (χ3n) is 2.56. The lowest BCUT2D eigenvalue weighted by Gasteiger charge is -2.11. The van der Waals surface area contributed by atoms with Gasteiger partial charge < -0.3 is 11.5 Å². The van der Waals surface area contributed by atoms with Crippen molar-refractivity contribution in [3.63, 3.8) is 0 Å². The van der Waals surface area contributed by atoms with Gasteiger partial charge in [0.2, 0.25) is 0 Å². The molecule has 0 aliphatic rings. The molecule has 0 radical (unpaired) electrons. The molecule has 0 atom stereocenters. The van der Waals surface area contributed by atoms with E-state index in [-0.39, 0.29) is 14.1 Å². The van der Waals surface area contributed by atoms with E-state index < -0.39 is 0 Å². The van der Waals surface area contributed by atoms with E-state index in [4.69, 9.17) is 11.5 Å². The van der Waals surface area contributed by atoms with Crippen LogP contribution in [0.25, 0.3) is 0 Å². The fraction of sp³-hybridized carbons (Fsp3) is 0.0769. The maximum absolute atomic E-state index is 11.3. The van der Waals surface area contributed by atoms with E-state index in [1.54, 1.807) is 0 Å². The second-order valence-corrected chi connectivity index (χ2v) is 4.58. The van der Waals surface area contributed by atoms with Gasteiger partial charge in [0.05, 0.1) is 5.66 Å². The van der Waals surface area contributed by atoms with Gasteiger partial charge in [-0.25, -0.2) is 0 Å². The predicted octanol–water partition coefficient (Wildman–Crippen LogP) is 3.23. The molecule has 0 aliphatic carbocycles. The first kappa shape index (κ1) is 11.6. The Morgan fingerprint density at radius 3 is 1.71 bits per heavy atom. The Balaban J connectivity index is 2.43. The molecular weight excluding hydrogens is 231 g/mol. The lowest BCUT2D eigenvalue weighted by molar-refractivity contribution is 0.595. The summed E-state index contributed by atoms with van der Waals surface area (Å²) in [4.78, 5) is 0. The second kappa shape index (κ2) is 4.98. The highest BCUT2D eigenvalue weighted by Crippen LogP contribution is 2.35. The molecule has 2 rings (SSSR count). The lowest BCUT2D eigenvalue weighted by atomic mass is 10.0. The van der Waals surface area contributed by atoms with Gasteiger partial charge in [0.1, 0.15) is 0 Å². The Labute approximate surface area is 102 Å². The molecule has 0 heterocycles. The van der Waals surface area contributed by atoms with Gasteiger partial charge in [-0.15, -0.1) is 0 Å². The van der Waals surface area contributed by atoms with Crippen molar-refractivity contribution in [2.24, 2.45) is 0 Å². The highest BCUT2D eigenvalue weighted by molar-refractivity contribution is 7.24. The van der Waals surface area contributed by atoms with Crippen LogP contribution in [0.4, 0.5) is 11.4 Å². The van der Waals surface area contributed by atoms with E-state index in [1.165, 1.54) is 0 Å². The van der Waals surface area contributed by atoms with E-state index in [9.17, 15) is 4.57 Å². The van der Waals surface area contributed by atoms with Gasteiger partial charge in [0.15, 0.2) is 8.46 Å². The Bertz CT molecular complexity index is 497. The first-order chi connectivity index (χ1) is 8.20. The Morgan fingerprint density at radius 2 is 1.35 bits per heavy atom. The minimum Gasteiger partial charge on any atom is -0.399 e. The summed E-state index contributed by atoms with van der Waals surface area (Å²) in [6, 6.07) is 14.8. The molecule has 0 unspecified atom stereocenters. The maximum atomic E-state index is 11.3. The third kappa shape index (κ3) is 2.63. The summed E-state index contributed by atoms with van der Waals surface area (Å²) in [7, 11) is 0.0339. The highest BCUT2D eigenvalue weighted by Gasteiger charge is 2.14. The molecular formula is C13H13N2OP. The maximum Gasteiger partial charge on any atom is 0.168 e. The molecule has 0 spiro atoms. The number of hydrogen-bond acceptors (Lipinski definition) is 3. The van der Waals surface area contributed by atoms with Crippen LogP contribution in [0.1, 0.15) is 16.8 Å². The van der Waals surface area contributed by atoms with Crippen LogP contribution in [-0.4, -0.2) is 0 Å². The van der Waals surface area contributed by atoms with Gasteiger partial charge in [-0.05, 0) is 35.4 Å². The van der Waals surface area contributed by atoms with Crippen molar-refractivity contribution >= 4 is 19.8 Å². The van der Waals surface area contributed by atoms with Crippen LogP contribution in [0, 0.1) is 0 Å². The minimum atomic E-state index is -0.220. The van der Waals surface area contributed by atoms with Gasteiger partial charge in [-0.2, -0.15) is 0 Å². The van der Waals surface area contributed by atoms with Crippen LogP contribution in [0.5, 0.6) is 0 Å². The first-order valence-electron chi connectivity index (χ1n) is 5.24. The number of nitrogens with two attached hydrogens (primary N) is 2. The summed E-state index contributed by atoms with van der Waals surface area (Å²) in [5.74, 6) is 0. The molecule has 0 amide bonds. The van der Waals surface area contributed by atoms with Gasteiger partial charge in [0.25, 0.3) is 0 Å². The van der Waals surface area contributed by atoms with E-state index >= 15 is 0 Å². The minimum absolute atomic E-state index is 0.0339. The third-order valence-corrected chi connectivity index (χ3v) is 3.37. The summed E-state index contributed by atoms with van der Waals surface area (Å²) in [6.45, 7) is 0. The van der Waals surface area contributed by atoms with Crippen LogP contribution < -0.4 is 11.5 Å². The quantitative estimate of drug-likeness (QED) is 0.643. The molecule has 2 aromatic carbocycles. The van der Waals surface area contributed by atoms with Gasteiger partial charge in [-0.1, -0.05) is 24.3 Å². The molecule has 4 N–H and O–H groups in total. The van der Waals surface area contributed by atoms with Crippen molar-refractivity contribution in [3.8, 4) is 0 Å². The first-order valence-corrected chi connectivity index (χ1v) is 6.12. The fourth-order valence-corrected chi connectivity index (χ4v) is 2.34. The molecule has 0 fully saturated rings. The Hall–Kier alpha value is -1.86. The largest absolute Gasteiger partial charge is 0.399 e. The van der Waals surface area contributed by atoms with E-state index in [1.807, 2.05) is 48.5 Å². The summed E-state index contributed by atoms with van der Waals surface area (Å²) in [6.07, 6.45) is 0. The van der Waals surface area contributed by atoms with E-state index in [0.29, 0.717) is 11.4 Å². The Morgan fingerprint density at radius 1 is 0.882 bits per heavy atom. The number of rotatable bonds is 3. The normalized spacial score (nSPS) is 10.9. The molecule has 2 aromatic rings. The zero-order valence-corrected chi connectivity index (χ0v) is 10.1. The second-order valence-electron chi connectivity index (χ2n) is 3.85. The van der Waals surface area contributed by atoms with Crippen LogP contribution in [0.2, 0.25) is 0 Å². The smallest absolute Gasteiger partial charge is 0.168 e. The average Bonchev–Trinajstić information content (AvgIpc) is 2.30. The van der Waals surface area contributed by atoms with Crippen molar-refractivity contribution < 1.29 is 4.57 Å². The standard InChI is InChI=1S/C13H13N2OP/c14-11-5-1-3-9(7-11)13(17-16)10-4-2-6-12(15)8-10/h1-8,13H,14-15H2. The van der Waals surface area contributed by atoms with Crippen LogP contribution in [-0.2, 0) is 4.57 Å². The molecule has 3 nitrogen and oxygen atoms in total. The molecule has 0 saturated carbocycles. The SMILES string of the molecule is Nc1cccc(C(P=O)c2cccc(N)c2)c1. The van der Waals surface area contributed by atoms with Gasteiger partial charge >= 0.3 is 0 Å². The molecule has 0 bridgehead atoms. The molecule has 86 valence electrons. The summed E-state index contributed by atoms with van der Waals surface area (Å²) in [5, 5.41) is 0. The van der Waals surface area contributed by atoms with Crippen molar-refractivity contribution in [1.29, 1.82) is 0 Å². The number of anilines is 2. The fourth-order valence-electron chi connectivity index (χ4n) is 1.77. The molecule has 4 heteroatoms. The highest BCUT2D eigenvalue weighted by atomic mass is 31.1. The number of nitrogen functional groups attached to an aromatic ring is 2.